The highest BCUT2D eigenvalue weighted by molar-refractivity contribution is 6.07. The van der Waals surface area contributed by atoms with Gasteiger partial charge in [-0.25, -0.2) is 4.98 Å². The first-order valence-corrected chi connectivity index (χ1v) is 10.5. The number of hydrogen-bond donors (Lipinski definition) is 1. The third-order valence-electron chi connectivity index (χ3n) is 5.00. The second-order valence-corrected chi connectivity index (χ2v) is 8.29. The van der Waals surface area contributed by atoms with Crippen molar-refractivity contribution >= 4 is 17.2 Å². The van der Waals surface area contributed by atoms with E-state index in [1.54, 1.807) is 0 Å². The van der Waals surface area contributed by atoms with Crippen LogP contribution < -0.4 is 10.1 Å². The highest BCUT2D eigenvalue weighted by Crippen LogP contribution is 2.27. The number of ether oxygens (including phenoxy) is 1. The van der Waals surface area contributed by atoms with Gasteiger partial charge in [-0.2, -0.15) is 0 Å². The summed E-state index contributed by atoms with van der Waals surface area (Å²) in [6.07, 6.45) is 1.94. The molecule has 0 aliphatic rings. The molecule has 5 nitrogen and oxygen atoms in total. The second-order valence-electron chi connectivity index (χ2n) is 8.29. The molecule has 158 valence electrons. The summed E-state index contributed by atoms with van der Waals surface area (Å²) in [6, 6.07) is 19.5. The Labute approximate surface area is 182 Å². The van der Waals surface area contributed by atoms with E-state index in [4.69, 9.17) is 9.72 Å². The molecule has 0 unspecified atom stereocenters. The maximum Gasteiger partial charge on any atom is 0.274 e. The number of hydrogen-bond acceptors (Lipinski definition) is 3. The molecule has 2 heterocycles. The zero-order valence-electron chi connectivity index (χ0n) is 18.3. The number of anilines is 1. The Morgan fingerprint density at radius 1 is 0.968 bits per heavy atom. The number of carbonyl (C=O) groups excluding carboxylic acids is 1. The van der Waals surface area contributed by atoms with Gasteiger partial charge in [-0.05, 0) is 55.7 Å². The van der Waals surface area contributed by atoms with Crippen LogP contribution in [0.25, 0.3) is 16.9 Å². The van der Waals surface area contributed by atoms with Crippen molar-refractivity contribution in [2.24, 2.45) is 5.92 Å². The normalized spacial score (nSPS) is 11.1. The molecule has 2 aromatic carbocycles. The molecule has 0 aliphatic carbocycles. The van der Waals surface area contributed by atoms with E-state index < -0.39 is 0 Å². The minimum absolute atomic E-state index is 0.204. The van der Waals surface area contributed by atoms with Crippen LogP contribution in [0, 0.1) is 19.8 Å². The Morgan fingerprint density at radius 3 is 2.32 bits per heavy atom. The van der Waals surface area contributed by atoms with E-state index in [0.717, 1.165) is 28.1 Å². The SMILES string of the molecule is Cc1ccc(-c2nc3ccc(C)cn3c2C(=O)Nc2ccc(OCC(C)C)cc2)cc1. The van der Waals surface area contributed by atoms with Crippen molar-refractivity contribution in [3.8, 4) is 17.0 Å². The van der Waals surface area contributed by atoms with Crippen LogP contribution in [0.5, 0.6) is 5.75 Å². The quantitative estimate of drug-likeness (QED) is 0.428. The molecule has 0 saturated carbocycles. The van der Waals surface area contributed by atoms with Gasteiger partial charge in [-0.3, -0.25) is 9.20 Å². The molecule has 4 rings (SSSR count). The van der Waals surface area contributed by atoms with Crippen molar-refractivity contribution in [1.82, 2.24) is 9.38 Å². The average molecular weight is 414 g/mol. The standard InChI is InChI=1S/C26H27N3O2/c1-17(2)16-31-22-12-10-21(11-13-22)27-26(30)25-24(20-8-5-18(3)6-9-20)28-23-14-7-19(4)15-29(23)25/h5-15,17H,16H2,1-4H3,(H,27,30). The van der Waals surface area contributed by atoms with Gasteiger partial charge in [-0.15, -0.1) is 0 Å². The minimum atomic E-state index is -0.204. The number of benzene rings is 2. The molecule has 0 radical (unpaired) electrons. The maximum atomic E-state index is 13.4. The second kappa shape index (κ2) is 8.64. The fourth-order valence-electron chi connectivity index (χ4n) is 3.37. The number of nitrogens with one attached hydrogen (secondary N) is 1. The number of carbonyl (C=O) groups is 1. The summed E-state index contributed by atoms with van der Waals surface area (Å²) in [5, 5.41) is 3.01. The highest BCUT2D eigenvalue weighted by atomic mass is 16.5. The lowest BCUT2D eigenvalue weighted by Gasteiger charge is -2.11. The monoisotopic (exact) mass is 413 g/mol. The Balaban J connectivity index is 1.67. The number of rotatable bonds is 6. The Morgan fingerprint density at radius 2 is 1.65 bits per heavy atom. The van der Waals surface area contributed by atoms with Crippen LogP contribution in [0.4, 0.5) is 5.69 Å². The molecule has 4 aromatic rings. The summed E-state index contributed by atoms with van der Waals surface area (Å²) in [6.45, 7) is 8.92. The van der Waals surface area contributed by atoms with Gasteiger partial charge < -0.3 is 10.1 Å². The van der Waals surface area contributed by atoms with Crippen LogP contribution in [0.3, 0.4) is 0 Å². The lowest BCUT2D eigenvalue weighted by atomic mass is 10.1. The van der Waals surface area contributed by atoms with Gasteiger partial charge in [-0.1, -0.05) is 49.7 Å². The molecule has 5 heteroatoms. The molecule has 0 saturated heterocycles. The van der Waals surface area contributed by atoms with Gasteiger partial charge in [0, 0.05) is 17.4 Å². The molecule has 0 atom stereocenters. The van der Waals surface area contributed by atoms with Crippen LogP contribution in [0.15, 0.2) is 66.9 Å². The van der Waals surface area contributed by atoms with Crippen LogP contribution in [0.2, 0.25) is 0 Å². The molecule has 0 aliphatic heterocycles. The van der Waals surface area contributed by atoms with Crippen LogP contribution in [0.1, 0.15) is 35.5 Å². The van der Waals surface area contributed by atoms with E-state index in [0.29, 0.717) is 29.6 Å². The first kappa shape index (κ1) is 20.7. The predicted octanol–water partition coefficient (Wildman–Crippen LogP) is 5.91. The van der Waals surface area contributed by atoms with E-state index in [1.165, 1.54) is 0 Å². The van der Waals surface area contributed by atoms with Gasteiger partial charge in [0.1, 0.15) is 22.8 Å². The van der Waals surface area contributed by atoms with Gasteiger partial charge in [0.05, 0.1) is 6.61 Å². The summed E-state index contributed by atoms with van der Waals surface area (Å²) in [4.78, 5) is 18.1. The van der Waals surface area contributed by atoms with E-state index in [1.807, 2.05) is 85.1 Å². The van der Waals surface area contributed by atoms with Crippen LogP contribution in [-0.4, -0.2) is 21.9 Å². The molecule has 0 bridgehead atoms. The van der Waals surface area contributed by atoms with E-state index in [-0.39, 0.29) is 5.91 Å². The maximum absolute atomic E-state index is 13.4. The molecule has 0 spiro atoms. The Kier molecular flexibility index (Phi) is 5.76. The molecular weight excluding hydrogens is 386 g/mol. The number of nitrogens with zero attached hydrogens (tertiary/aromatic N) is 2. The summed E-state index contributed by atoms with van der Waals surface area (Å²) in [5.41, 5.74) is 5.76. The smallest absolute Gasteiger partial charge is 0.274 e. The molecule has 1 amide bonds. The summed E-state index contributed by atoms with van der Waals surface area (Å²) < 4.78 is 7.59. The number of fused-ring (bicyclic) bond motifs is 1. The number of aromatic nitrogens is 2. The Bertz CT molecular complexity index is 1210. The third-order valence-corrected chi connectivity index (χ3v) is 5.00. The van der Waals surface area contributed by atoms with Gasteiger partial charge in [0.15, 0.2) is 0 Å². The van der Waals surface area contributed by atoms with Crippen molar-refractivity contribution in [2.75, 3.05) is 11.9 Å². The van der Waals surface area contributed by atoms with Crippen LogP contribution in [-0.2, 0) is 0 Å². The Hall–Kier alpha value is -3.60. The first-order chi connectivity index (χ1) is 14.9. The van der Waals surface area contributed by atoms with Crippen molar-refractivity contribution in [1.29, 1.82) is 0 Å². The predicted molar refractivity (Wildman–Crippen MR) is 125 cm³/mol. The lowest BCUT2D eigenvalue weighted by Crippen LogP contribution is -2.15. The van der Waals surface area contributed by atoms with Gasteiger partial charge in [0.25, 0.3) is 5.91 Å². The van der Waals surface area contributed by atoms with Crippen molar-refractivity contribution in [2.45, 2.75) is 27.7 Å². The number of pyridine rings is 1. The highest BCUT2D eigenvalue weighted by Gasteiger charge is 2.21. The minimum Gasteiger partial charge on any atom is -0.493 e. The van der Waals surface area contributed by atoms with Crippen molar-refractivity contribution in [3.05, 3.63) is 83.7 Å². The average Bonchev–Trinajstić information content (AvgIpc) is 3.12. The number of aryl methyl sites for hydroxylation is 2. The summed E-state index contributed by atoms with van der Waals surface area (Å²) >= 11 is 0. The summed E-state index contributed by atoms with van der Waals surface area (Å²) in [7, 11) is 0. The topological polar surface area (TPSA) is 55.6 Å². The number of amides is 1. The largest absolute Gasteiger partial charge is 0.493 e. The fourth-order valence-corrected chi connectivity index (χ4v) is 3.37. The third kappa shape index (κ3) is 4.61. The van der Waals surface area contributed by atoms with E-state index >= 15 is 0 Å². The molecule has 1 N–H and O–H groups in total. The molecular formula is C26H27N3O2. The first-order valence-electron chi connectivity index (χ1n) is 10.5. The lowest BCUT2D eigenvalue weighted by molar-refractivity contribution is 0.102. The van der Waals surface area contributed by atoms with Crippen LogP contribution >= 0.6 is 0 Å². The molecule has 31 heavy (non-hydrogen) atoms. The van der Waals surface area contributed by atoms with E-state index in [9.17, 15) is 4.79 Å². The number of imidazole rings is 1. The zero-order valence-corrected chi connectivity index (χ0v) is 18.3. The van der Waals surface area contributed by atoms with E-state index in [2.05, 4.69) is 19.2 Å². The van der Waals surface area contributed by atoms with Gasteiger partial charge in [0.2, 0.25) is 0 Å². The van der Waals surface area contributed by atoms with Gasteiger partial charge >= 0.3 is 0 Å². The molecule has 2 aromatic heterocycles. The molecule has 0 fully saturated rings. The van der Waals surface area contributed by atoms with Crippen molar-refractivity contribution in [3.63, 3.8) is 0 Å². The van der Waals surface area contributed by atoms with Crippen molar-refractivity contribution < 1.29 is 9.53 Å². The zero-order chi connectivity index (χ0) is 22.0. The fraction of sp³-hybridized carbons (Fsp3) is 0.231. The summed E-state index contributed by atoms with van der Waals surface area (Å²) in [5.74, 6) is 1.04.